The van der Waals surface area contributed by atoms with Gasteiger partial charge in [-0.25, -0.2) is 4.39 Å². The van der Waals surface area contributed by atoms with Gasteiger partial charge in [-0.3, -0.25) is 0 Å². The van der Waals surface area contributed by atoms with Crippen molar-refractivity contribution in [2.45, 2.75) is 70.9 Å². The first-order chi connectivity index (χ1) is 9.69. The molecule has 1 fully saturated rings. The van der Waals surface area contributed by atoms with E-state index < -0.39 is 0 Å². The summed E-state index contributed by atoms with van der Waals surface area (Å²) in [6.45, 7) is 4.43. The molecular weight excluding hydrogens is 249 g/mol. The Morgan fingerprint density at radius 2 is 2.10 bits per heavy atom. The minimum Gasteiger partial charge on any atom is -0.307 e. The summed E-state index contributed by atoms with van der Waals surface area (Å²) in [5.74, 6) is 0.788. The largest absolute Gasteiger partial charge is 0.307 e. The Hall–Kier alpha value is -0.890. The van der Waals surface area contributed by atoms with E-state index in [1.165, 1.54) is 51.0 Å². The van der Waals surface area contributed by atoms with Crippen LogP contribution in [0.15, 0.2) is 24.3 Å². The zero-order valence-electron chi connectivity index (χ0n) is 12.9. The Balaban J connectivity index is 1.86. The summed E-state index contributed by atoms with van der Waals surface area (Å²) in [6, 6.07) is 7.80. The molecule has 3 unspecified atom stereocenters. The second-order valence-corrected chi connectivity index (χ2v) is 6.30. The molecule has 1 nitrogen and oxygen atoms in total. The van der Waals surface area contributed by atoms with E-state index in [-0.39, 0.29) is 11.9 Å². The number of halogens is 1. The standard InChI is InChI=1S/C18H28FN/c1-3-6-15-7-4-10-18(12-11-15)20-14(2)16-8-5-9-17(19)13-16/h5,8-9,13-15,18,20H,3-4,6-7,10-12H2,1-2H3. The zero-order valence-corrected chi connectivity index (χ0v) is 12.9. The maximum absolute atomic E-state index is 13.3. The molecule has 0 bridgehead atoms. The van der Waals surface area contributed by atoms with Crippen LogP contribution in [0, 0.1) is 11.7 Å². The van der Waals surface area contributed by atoms with Crippen molar-refractivity contribution in [1.29, 1.82) is 0 Å². The van der Waals surface area contributed by atoms with E-state index in [0.717, 1.165) is 11.5 Å². The monoisotopic (exact) mass is 277 g/mol. The van der Waals surface area contributed by atoms with Gasteiger partial charge in [0.1, 0.15) is 5.82 Å². The normalized spacial score (nSPS) is 25.1. The van der Waals surface area contributed by atoms with Gasteiger partial charge in [0, 0.05) is 12.1 Å². The van der Waals surface area contributed by atoms with Gasteiger partial charge in [-0.15, -0.1) is 0 Å². The van der Waals surface area contributed by atoms with Gasteiger partial charge in [-0.2, -0.15) is 0 Å². The highest BCUT2D eigenvalue weighted by Crippen LogP contribution is 2.28. The molecule has 1 saturated carbocycles. The molecule has 1 N–H and O–H groups in total. The van der Waals surface area contributed by atoms with Crippen molar-refractivity contribution in [3.63, 3.8) is 0 Å². The predicted molar refractivity (Wildman–Crippen MR) is 83.2 cm³/mol. The zero-order chi connectivity index (χ0) is 14.4. The lowest BCUT2D eigenvalue weighted by Gasteiger charge is -2.22. The van der Waals surface area contributed by atoms with E-state index in [1.54, 1.807) is 12.1 Å². The Labute approximate surface area is 123 Å². The van der Waals surface area contributed by atoms with Gasteiger partial charge >= 0.3 is 0 Å². The lowest BCUT2D eigenvalue weighted by Crippen LogP contribution is -2.31. The van der Waals surface area contributed by atoms with Crippen LogP contribution in [0.25, 0.3) is 0 Å². The molecule has 1 aromatic carbocycles. The Morgan fingerprint density at radius 1 is 1.25 bits per heavy atom. The van der Waals surface area contributed by atoms with E-state index >= 15 is 0 Å². The SMILES string of the molecule is CCCC1CCCC(NC(C)c2cccc(F)c2)CC1. The van der Waals surface area contributed by atoms with E-state index in [2.05, 4.69) is 19.2 Å². The van der Waals surface area contributed by atoms with E-state index in [1.807, 2.05) is 6.07 Å². The van der Waals surface area contributed by atoms with Crippen LogP contribution in [0.3, 0.4) is 0 Å². The maximum atomic E-state index is 13.3. The summed E-state index contributed by atoms with van der Waals surface area (Å²) in [4.78, 5) is 0. The lowest BCUT2D eigenvalue weighted by atomic mass is 9.95. The number of hydrogen-bond acceptors (Lipinski definition) is 1. The number of rotatable bonds is 5. The smallest absolute Gasteiger partial charge is 0.123 e. The van der Waals surface area contributed by atoms with Gasteiger partial charge in [0.15, 0.2) is 0 Å². The fraction of sp³-hybridized carbons (Fsp3) is 0.667. The third kappa shape index (κ3) is 4.59. The first kappa shape index (κ1) is 15.5. The van der Waals surface area contributed by atoms with Crippen LogP contribution < -0.4 is 5.32 Å². The van der Waals surface area contributed by atoms with Crippen LogP contribution in [-0.2, 0) is 0 Å². The van der Waals surface area contributed by atoms with Crippen molar-refractivity contribution < 1.29 is 4.39 Å². The highest BCUT2D eigenvalue weighted by Gasteiger charge is 2.20. The number of hydrogen-bond donors (Lipinski definition) is 1. The van der Waals surface area contributed by atoms with Crippen molar-refractivity contribution in [1.82, 2.24) is 5.32 Å². The van der Waals surface area contributed by atoms with Crippen molar-refractivity contribution in [2.24, 2.45) is 5.92 Å². The predicted octanol–water partition coefficient (Wildman–Crippen LogP) is 5.23. The highest BCUT2D eigenvalue weighted by molar-refractivity contribution is 5.19. The Kier molecular flexibility index (Phi) is 6.03. The van der Waals surface area contributed by atoms with Gasteiger partial charge < -0.3 is 5.32 Å². The molecule has 112 valence electrons. The average molecular weight is 277 g/mol. The molecule has 0 amide bonds. The van der Waals surface area contributed by atoms with Crippen molar-refractivity contribution >= 4 is 0 Å². The van der Waals surface area contributed by atoms with Crippen LogP contribution in [-0.4, -0.2) is 6.04 Å². The molecular formula is C18H28FN. The summed E-state index contributed by atoms with van der Waals surface area (Å²) in [6.07, 6.45) is 9.29. The Bertz CT molecular complexity index is 404. The second-order valence-electron chi connectivity index (χ2n) is 6.30. The van der Waals surface area contributed by atoms with Crippen LogP contribution in [0.1, 0.15) is 70.4 Å². The molecule has 0 saturated heterocycles. The molecule has 0 aliphatic heterocycles. The molecule has 0 radical (unpaired) electrons. The van der Waals surface area contributed by atoms with Crippen molar-refractivity contribution in [2.75, 3.05) is 0 Å². The molecule has 2 heteroatoms. The van der Waals surface area contributed by atoms with Gasteiger partial charge in [-0.1, -0.05) is 44.7 Å². The maximum Gasteiger partial charge on any atom is 0.123 e. The first-order valence-corrected chi connectivity index (χ1v) is 8.20. The summed E-state index contributed by atoms with van der Waals surface area (Å²) in [7, 11) is 0. The van der Waals surface area contributed by atoms with E-state index in [9.17, 15) is 4.39 Å². The van der Waals surface area contributed by atoms with Gasteiger partial charge in [0.25, 0.3) is 0 Å². The summed E-state index contributed by atoms with van der Waals surface area (Å²) >= 11 is 0. The molecule has 2 rings (SSSR count). The van der Waals surface area contributed by atoms with E-state index in [0.29, 0.717) is 6.04 Å². The minimum absolute atomic E-state index is 0.139. The molecule has 0 spiro atoms. The van der Waals surface area contributed by atoms with Crippen molar-refractivity contribution in [3.05, 3.63) is 35.6 Å². The van der Waals surface area contributed by atoms with Gasteiger partial charge in [0.05, 0.1) is 0 Å². The average Bonchev–Trinajstić information content (AvgIpc) is 2.65. The fourth-order valence-electron chi connectivity index (χ4n) is 3.47. The third-order valence-corrected chi connectivity index (χ3v) is 4.62. The summed E-state index contributed by atoms with van der Waals surface area (Å²) < 4.78 is 13.3. The fourth-order valence-corrected chi connectivity index (χ4v) is 3.47. The van der Waals surface area contributed by atoms with Crippen LogP contribution in [0.5, 0.6) is 0 Å². The third-order valence-electron chi connectivity index (χ3n) is 4.62. The van der Waals surface area contributed by atoms with Crippen molar-refractivity contribution in [3.8, 4) is 0 Å². The molecule has 1 aliphatic carbocycles. The van der Waals surface area contributed by atoms with E-state index in [4.69, 9.17) is 0 Å². The first-order valence-electron chi connectivity index (χ1n) is 8.20. The molecule has 0 heterocycles. The van der Waals surface area contributed by atoms with Gasteiger partial charge in [-0.05, 0) is 49.8 Å². The lowest BCUT2D eigenvalue weighted by molar-refractivity contribution is 0.392. The molecule has 1 aliphatic rings. The molecule has 3 atom stereocenters. The van der Waals surface area contributed by atoms with Crippen LogP contribution in [0.4, 0.5) is 4.39 Å². The highest BCUT2D eigenvalue weighted by atomic mass is 19.1. The quantitative estimate of drug-likeness (QED) is 0.727. The molecule has 0 aromatic heterocycles. The van der Waals surface area contributed by atoms with Crippen LogP contribution in [0.2, 0.25) is 0 Å². The number of nitrogens with one attached hydrogen (secondary N) is 1. The van der Waals surface area contributed by atoms with Crippen LogP contribution >= 0.6 is 0 Å². The number of benzene rings is 1. The summed E-state index contributed by atoms with van der Waals surface area (Å²) in [5, 5.41) is 3.70. The second kappa shape index (κ2) is 7.78. The summed E-state index contributed by atoms with van der Waals surface area (Å²) in [5.41, 5.74) is 1.05. The minimum atomic E-state index is -0.139. The molecule has 1 aromatic rings. The molecule has 20 heavy (non-hydrogen) atoms. The van der Waals surface area contributed by atoms with Gasteiger partial charge in [0.2, 0.25) is 0 Å². The topological polar surface area (TPSA) is 12.0 Å². The Morgan fingerprint density at radius 3 is 2.85 bits per heavy atom.